The molecule has 0 aliphatic carbocycles. The normalized spacial score (nSPS) is 12.6. The van der Waals surface area contributed by atoms with E-state index in [0.29, 0.717) is 17.0 Å². The van der Waals surface area contributed by atoms with Crippen LogP contribution in [0.2, 0.25) is 5.02 Å². The maximum absolute atomic E-state index is 13.8. The van der Waals surface area contributed by atoms with Crippen LogP contribution in [0.15, 0.2) is 34.1 Å². The SMILES string of the molecule is CNC(Cc1ccc(Br)s1)Cc1c(F)cccc1Cl. The molecule has 1 aromatic carbocycles. The van der Waals surface area contributed by atoms with Crippen molar-refractivity contribution in [2.45, 2.75) is 18.9 Å². The minimum Gasteiger partial charge on any atom is -0.316 e. The molecule has 1 unspecified atom stereocenters. The fraction of sp³-hybridized carbons (Fsp3) is 0.286. The molecule has 2 rings (SSSR count). The molecular formula is C14H14BrClFNS. The molecule has 2 aromatic rings. The zero-order valence-corrected chi connectivity index (χ0v) is 13.6. The Hall–Kier alpha value is -0.420. The Morgan fingerprint density at radius 1 is 1.32 bits per heavy atom. The average Bonchev–Trinajstić information content (AvgIpc) is 2.78. The number of hydrogen-bond acceptors (Lipinski definition) is 2. The van der Waals surface area contributed by atoms with Crippen molar-refractivity contribution in [3.63, 3.8) is 0 Å². The highest BCUT2D eigenvalue weighted by Crippen LogP contribution is 2.25. The summed E-state index contributed by atoms with van der Waals surface area (Å²) >= 11 is 11.2. The highest BCUT2D eigenvalue weighted by atomic mass is 79.9. The summed E-state index contributed by atoms with van der Waals surface area (Å²) in [5, 5.41) is 3.72. The summed E-state index contributed by atoms with van der Waals surface area (Å²) in [7, 11) is 1.89. The van der Waals surface area contributed by atoms with E-state index in [4.69, 9.17) is 11.6 Å². The van der Waals surface area contributed by atoms with Crippen molar-refractivity contribution in [2.75, 3.05) is 7.05 Å². The van der Waals surface area contributed by atoms with E-state index in [1.807, 2.05) is 13.1 Å². The molecule has 0 aliphatic rings. The molecule has 0 fully saturated rings. The van der Waals surface area contributed by atoms with E-state index >= 15 is 0 Å². The molecule has 1 nitrogen and oxygen atoms in total. The topological polar surface area (TPSA) is 12.0 Å². The first kappa shape index (κ1) is 15.0. The largest absolute Gasteiger partial charge is 0.316 e. The van der Waals surface area contributed by atoms with Crippen molar-refractivity contribution in [3.8, 4) is 0 Å². The number of nitrogens with one attached hydrogen (secondary N) is 1. The average molecular weight is 363 g/mol. The van der Waals surface area contributed by atoms with Gasteiger partial charge in [-0.2, -0.15) is 0 Å². The van der Waals surface area contributed by atoms with E-state index in [1.54, 1.807) is 23.5 Å². The van der Waals surface area contributed by atoms with Crippen LogP contribution >= 0.6 is 38.9 Å². The first-order chi connectivity index (χ1) is 9.10. The number of rotatable bonds is 5. The molecule has 5 heteroatoms. The monoisotopic (exact) mass is 361 g/mol. The Morgan fingerprint density at radius 2 is 2.11 bits per heavy atom. The maximum Gasteiger partial charge on any atom is 0.127 e. The molecule has 1 atom stereocenters. The molecule has 0 radical (unpaired) electrons. The molecule has 1 N–H and O–H groups in total. The molecule has 1 aromatic heterocycles. The second kappa shape index (κ2) is 6.84. The van der Waals surface area contributed by atoms with Crippen LogP contribution in [0.1, 0.15) is 10.4 Å². The van der Waals surface area contributed by atoms with Crippen molar-refractivity contribution in [1.29, 1.82) is 0 Å². The zero-order valence-electron chi connectivity index (χ0n) is 10.4. The second-order valence-corrected chi connectivity index (χ2v) is 7.25. The van der Waals surface area contributed by atoms with Gasteiger partial charge in [-0.1, -0.05) is 17.7 Å². The van der Waals surface area contributed by atoms with Crippen molar-refractivity contribution in [2.24, 2.45) is 0 Å². The Bertz CT molecular complexity index is 538. The number of likely N-dealkylation sites (N-methyl/N-ethyl adjacent to an activating group) is 1. The summed E-state index contributed by atoms with van der Waals surface area (Å²) in [6.07, 6.45) is 1.44. The van der Waals surface area contributed by atoms with Gasteiger partial charge in [0.05, 0.1) is 3.79 Å². The Kier molecular flexibility index (Phi) is 5.39. The van der Waals surface area contributed by atoms with E-state index in [9.17, 15) is 4.39 Å². The van der Waals surface area contributed by atoms with Crippen LogP contribution < -0.4 is 5.32 Å². The van der Waals surface area contributed by atoms with E-state index in [0.717, 1.165) is 10.2 Å². The minimum atomic E-state index is -0.236. The summed E-state index contributed by atoms with van der Waals surface area (Å²) in [5.74, 6) is -0.236. The highest BCUT2D eigenvalue weighted by molar-refractivity contribution is 9.11. The van der Waals surface area contributed by atoms with E-state index in [2.05, 4.69) is 27.3 Å². The predicted octanol–water partition coefficient (Wildman–Crippen LogP) is 4.68. The van der Waals surface area contributed by atoms with Crippen LogP contribution in [0, 0.1) is 5.82 Å². The van der Waals surface area contributed by atoms with Crippen LogP contribution in [0.5, 0.6) is 0 Å². The Balaban J connectivity index is 2.11. The van der Waals surface area contributed by atoms with E-state index in [1.165, 1.54) is 10.9 Å². The van der Waals surface area contributed by atoms with Crippen molar-refractivity contribution >= 4 is 38.9 Å². The van der Waals surface area contributed by atoms with E-state index < -0.39 is 0 Å². The summed E-state index contributed by atoms with van der Waals surface area (Å²) < 4.78 is 14.9. The zero-order chi connectivity index (χ0) is 13.8. The third-order valence-corrected chi connectivity index (χ3v) is 5.00. The summed E-state index contributed by atoms with van der Waals surface area (Å²) in [6.45, 7) is 0. The quantitative estimate of drug-likeness (QED) is 0.814. The van der Waals surface area contributed by atoms with Gasteiger partial charge in [0.2, 0.25) is 0 Å². The molecule has 0 saturated carbocycles. The van der Waals surface area contributed by atoms with Gasteiger partial charge < -0.3 is 5.32 Å². The number of halogens is 3. The van der Waals surface area contributed by atoms with Crippen LogP contribution in [0.4, 0.5) is 4.39 Å². The first-order valence-electron chi connectivity index (χ1n) is 5.94. The van der Waals surface area contributed by atoms with Gasteiger partial charge in [-0.3, -0.25) is 0 Å². The van der Waals surface area contributed by atoms with Gasteiger partial charge in [-0.05, 0) is 60.1 Å². The summed E-state index contributed by atoms with van der Waals surface area (Å²) in [4.78, 5) is 1.26. The lowest BCUT2D eigenvalue weighted by molar-refractivity contribution is 0.535. The standard InChI is InChI=1S/C14H14BrClFNS/c1-18-9(7-10-5-6-14(15)19-10)8-11-12(16)3-2-4-13(11)17/h2-6,9,18H,7-8H2,1H3. The second-order valence-electron chi connectivity index (χ2n) is 4.30. The van der Waals surface area contributed by atoms with Gasteiger partial charge in [0.15, 0.2) is 0 Å². The van der Waals surface area contributed by atoms with Crippen molar-refractivity contribution < 1.29 is 4.39 Å². The fourth-order valence-electron chi connectivity index (χ4n) is 1.95. The molecule has 1 heterocycles. The summed E-state index contributed by atoms with van der Waals surface area (Å²) in [5.41, 5.74) is 0.583. The van der Waals surface area contributed by atoms with Gasteiger partial charge in [0.25, 0.3) is 0 Å². The molecule has 102 valence electrons. The molecule has 0 saturated heterocycles. The van der Waals surface area contributed by atoms with Gasteiger partial charge in [-0.25, -0.2) is 4.39 Å². The lowest BCUT2D eigenvalue weighted by atomic mass is 10.0. The van der Waals surface area contributed by atoms with Crippen molar-refractivity contribution in [3.05, 3.63) is 55.4 Å². The lowest BCUT2D eigenvalue weighted by Gasteiger charge is -2.16. The molecule has 0 amide bonds. The minimum absolute atomic E-state index is 0.167. The molecule has 0 aliphatic heterocycles. The molecular weight excluding hydrogens is 349 g/mol. The Morgan fingerprint density at radius 3 is 2.68 bits per heavy atom. The smallest absolute Gasteiger partial charge is 0.127 e. The number of hydrogen-bond donors (Lipinski definition) is 1. The van der Waals surface area contributed by atoms with Gasteiger partial charge in [0.1, 0.15) is 5.82 Å². The Labute approximate surface area is 129 Å². The molecule has 0 bridgehead atoms. The number of thiophene rings is 1. The van der Waals surface area contributed by atoms with Crippen LogP contribution in [-0.2, 0) is 12.8 Å². The van der Waals surface area contributed by atoms with Crippen LogP contribution in [0.3, 0.4) is 0 Å². The fourth-order valence-corrected chi connectivity index (χ4v) is 3.76. The summed E-state index contributed by atoms with van der Waals surface area (Å²) in [6, 6.07) is 9.10. The number of benzene rings is 1. The lowest BCUT2D eigenvalue weighted by Crippen LogP contribution is -2.30. The van der Waals surface area contributed by atoms with Crippen LogP contribution in [0.25, 0.3) is 0 Å². The van der Waals surface area contributed by atoms with Gasteiger partial charge in [-0.15, -0.1) is 11.3 Å². The van der Waals surface area contributed by atoms with Crippen molar-refractivity contribution in [1.82, 2.24) is 5.32 Å². The van der Waals surface area contributed by atoms with Gasteiger partial charge in [0, 0.05) is 21.5 Å². The highest BCUT2D eigenvalue weighted by Gasteiger charge is 2.15. The van der Waals surface area contributed by atoms with E-state index in [-0.39, 0.29) is 11.9 Å². The molecule has 19 heavy (non-hydrogen) atoms. The molecule has 0 spiro atoms. The predicted molar refractivity (Wildman–Crippen MR) is 83.7 cm³/mol. The first-order valence-corrected chi connectivity index (χ1v) is 7.93. The van der Waals surface area contributed by atoms with Crippen LogP contribution in [-0.4, -0.2) is 13.1 Å². The third-order valence-electron chi connectivity index (χ3n) is 3.00. The third kappa shape index (κ3) is 4.02. The maximum atomic E-state index is 13.8. The van der Waals surface area contributed by atoms with Gasteiger partial charge >= 0.3 is 0 Å².